The number of nitrogens with one attached hydrogen (secondary N) is 1. The molecule has 1 aromatic heterocycles. The predicted octanol–water partition coefficient (Wildman–Crippen LogP) is 3.06. The molecule has 1 unspecified atom stereocenters. The summed E-state index contributed by atoms with van der Waals surface area (Å²) in [6.45, 7) is 16.6. The van der Waals surface area contributed by atoms with Crippen LogP contribution in [0.4, 0.5) is 0 Å². The van der Waals surface area contributed by atoms with Crippen LogP contribution >= 0.6 is 0 Å². The first-order chi connectivity index (χ1) is 8.71. The van der Waals surface area contributed by atoms with Crippen LogP contribution in [-0.4, -0.2) is 27.4 Å². The molecule has 1 atom stereocenters. The molecule has 0 spiro atoms. The molecule has 0 fully saturated rings. The van der Waals surface area contributed by atoms with E-state index in [-0.39, 0.29) is 5.41 Å². The summed E-state index contributed by atoms with van der Waals surface area (Å²) in [6.07, 6.45) is 2.65. The minimum Gasteiger partial charge on any atom is -0.314 e. The standard InChI is InChI=1S/C15H30N4/c1-11(2)16-9-13(15(5,6)7)8-14-17-10-18-19(14)12(3)4/h10-13,16H,8-9H2,1-7H3. The second-order valence-electron chi connectivity index (χ2n) is 7.04. The van der Waals surface area contributed by atoms with Crippen LogP contribution in [0.2, 0.25) is 0 Å². The van der Waals surface area contributed by atoms with E-state index in [1.807, 2.05) is 4.68 Å². The van der Waals surface area contributed by atoms with Gasteiger partial charge in [0.25, 0.3) is 0 Å². The normalized spacial score (nSPS) is 14.4. The van der Waals surface area contributed by atoms with Crippen LogP contribution in [0.5, 0.6) is 0 Å². The molecule has 4 nitrogen and oxygen atoms in total. The van der Waals surface area contributed by atoms with Gasteiger partial charge in [-0.3, -0.25) is 0 Å². The lowest BCUT2D eigenvalue weighted by molar-refractivity contribution is 0.220. The van der Waals surface area contributed by atoms with Gasteiger partial charge in [0.15, 0.2) is 0 Å². The predicted molar refractivity (Wildman–Crippen MR) is 80.2 cm³/mol. The minimum atomic E-state index is 0.260. The highest BCUT2D eigenvalue weighted by atomic mass is 15.3. The zero-order valence-corrected chi connectivity index (χ0v) is 13.6. The first-order valence-electron chi connectivity index (χ1n) is 7.33. The Kier molecular flexibility index (Phi) is 5.53. The zero-order valence-electron chi connectivity index (χ0n) is 13.6. The summed E-state index contributed by atoms with van der Waals surface area (Å²) in [7, 11) is 0. The van der Waals surface area contributed by atoms with E-state index in [9.17, 15) is 0 Å². The van der Waals surface area contributed by atoms with Gasteiger partial charge in [-0.1, -0.05) is 34.6 Å². The van der Waals surface area contributed by atoms with Gasteiger partial charge < -0.3 is 5.32 Å². The quantitative estimate of drug-likeness (QED) is 0.860. The summed E-state index contributed by atoms with van der Waals surface area (Å²) in [5, 5.41) is 7.89. The SMILES string of the molecule is CC(C)NCC(Cc1ncnn1C(C)C)C(C)(C)C. The highest BCUT2D eigenvalue weighted by Gasteiger charge is 2.26. The fraction of sp³-hybridized carbons (Fsp3) is 0.867. The summed E-state index contributed by atoms with van der Waals surface area (Å²) in [5.74, 6) is 1.65. The molecule has 110 valence electrons. The van der Waals surface area contributed by atoms with Crippen LogP contribution in [0.15, 0.2) is 6.33 Å². The third kappa shape index (κ3) is 4.94. The van der Waals surface area contributed by atoms with E-state index in [4.69, 9.17) is 0 Å². The molecule has 0 aliphatic rings. The van der Waals surface area contributed by atoms with Gasteiger partial charge in [-0.05, 0) is 31.7 Å². The van der Waals surface area contributed by atoms with E-state index < -0.39 is 0 Å². The van der Waals surface area contributed by atoms with Gasteiger partial charge in [0.05, 0.1) is 0 Å². The molecule has 0 aliphatic carbocycles. The Morgan fingerprint density at radius 1 is 1.21 bits per heavy atom. The molecule has 0 amide bonds. The maximum atomic E-state index is 4.44. The molecule has 1 heterocycles. The van der Waals surface area contributed by atoms with Crippen LogP contribution < -0.4 is 5.32 Å². The van der Waals surface area contributed by atoms with Crippen molar-refractivity contribution in [3.63, 3.8) is 0 Å². The van der Waals surface area contributed by atoms with Crippen molar-refractivity contribution < 1.29 is 0 Å². The van der Waals surface area contributed by atoms with E-state index in [2.05, 4.69) is 63.9 Å². The zero-order chi connectivity index (χ0) is 14.6. The van der Waals surface area contributed by atoms with Crippen molar-refractivity contribution in [1.29, 1.82) is 0 Å². The largest absolute Gasteiger partial charge is 0.314 e. The highest BCUT2D eigenvalue weighted by Crippen LogP contribution is 2.28. The molecule has 4 heteroatoms. The van der Waals surface area contributed by atoms with Crippen molar-refractivity contribution in [2.24, 2.45) is 11.3 Å². The van der Waals surface area contributed by atoms with Gasteiger partial charge in [0.2, 0.25) is 0 Å². The number of nitrogens with zero attached hydrogens (tertiary/aromatic N) is 3. The third-order valence-electron chi connectivity index (χ3n) is 3.56. The Morgan fingerprint density at radius 3 is 2.32 bits per heavy atom. The Labute approximate surface area is 118 Å². The molecule has 0 saturated heterocycles. The second kappa shape index (κ2) is 6.51. The van der Waals surface area contributed by atoms with Crippen molar-refractivity contribution in [3.05, 3.63) is 12.2 Å². The van der Waals surface area contributed by atoms with Crippen molar-refractivity contribution in [3.8, 4) is 0 Å². The topological polar surface area (TPSA) is 42.7 Å². The number of rotatable bonds is 6. The summed E-state index contributed by atoms with van der Waals surface area (Å²) in [5.41, 5.74) is 0.260. The summed E-state index contributed by atoms with van der Waals surface area (Å²) < 4.78 is 2.04. The van der Waals surface area contributed by atoms with Crippen LogP contribution in [0, 0.1) is 11.3 Å². The van der Waals surface area contributed by atoms with Crippen molar-refractivity contribution in [2.45, 2.75) is 67.0 Å². The van der Waals surface area contributed by atoms with Crippen LogP contribution in [0.1, 0.15) is 60.3 Å². The molecule has 0 saturated carbocycles. The van der Waals surface area contributed by atoms with Crippen molar-refractivity contribution >= 4 is 0 Å². The average molecular weight is 266 g/mol. The molecule has 1 N–H and O–H groups in total. The summed E-state index contributed by atoms with van der Waals surface area (Å²) in [4.78, 5) is 4.44. The van der Waals surface area contributed by atoms with E-state index in [1.165, 1.54) is 0 Å². The third-order valence-corrected chi connectivity index (χ3v) is 3.56. The van der Waals surface area contributed by atoms with Crippen molar-refractivity contribution in [2.75, 3.05) is 6.54 Å². The van der Waals surface area contributed by atoms with Crippen LogP contribution in [0.3, 0.4) is 0 Å². The van der Waals surface area contributed by atoms with Gasteiger partial charge in [-0.2, -0.15) is 5.10 Å². The van der Waals surface area contributed by atoms with Gasteiger partial charge >= 0.3 is 0 Å². The lowest BCUT2D eigenvalue weighted by Crippen LogP contribution is -2.37. The maximum Gasteiger partial charge on any atom is 0.138 e. The number of hydrogen-bond donors (Lipinski definition) is 1. The van der Waals surface area contributed by atoms with E-state index in [0.717, 1.165) is 18.8 Å². The lowest BCUT2D eigenvalue weighted by atomic mass is 9.78. The summed E-state index contributed by atoms with van der Waals surface area (Å²) >= 11 is 0. The molecule has 1 rings (SSSR count). The van der Waals surface area contributed by atoms with E-state index in [1.54, 1.807) is 6.33 Å². The monoisotopic (exact) mass is 266 g/mol. The number of aromatic nitrogens is 3. The smallest absolute Gasteiger partial charge is 0.138 e. The van der Waals surface area contributed by atoms with Gasteiger partial charge in [0.1, 0.15) is 12.2 Å². The van der Waals surface area contributed by atoms with Crippen LogP contribution in [-0.2, 0) is 6.42 Å². The molecule has 0 aromatic carbocycles. The Balaban J connectivity index is 2.79. The molecular weight excluding hydrogens is 236 g/mol. The van der Waals surface area contributed by atoms with Crippen LogP contribution in [0.25, 0.3) is 0 Å². The first kappa shape index (κ1) is 16.2. The molecule has 0 radical (unpaired) electrons. The molecule has 0 aliphatic heterocycles. The first-order valence-corrected chi connectivity index (χ1v) is 7.33. The molecular formula is C15H30N4. The van der Waals surface area contributed by atoms with Crippen molar-refractivity contribution in [1.82, 2.24) is 20.1 Å². The highest BCUT2D eigenvalue weighted by molar-refractivity contribution is 4.92. The Hall–Kier alpha value is -0.900. The number of hydrogen-bond acceptors (Lipinski definition) is 3. The fourth-order valence-corrected chi connectivity index (χ4v) is 2.13. The Morgan fingerprint density at radius 2 is 1.84 bits per heavy atom. The maximum absolute atomic E-state index is 4.44. The van der Waals surface area contributed by atoms with Gasteiger partial charge in [0, 0.05) is 18.5 Å². The fourth-order valence-electron chi connectivity index (χ4n) is 2.13. The lowest BCUT2D eigenvalue weighted by Gasteiger charge is -2.31. The van der Waals surface area contributed by atoms with E-state index >= 15 is 0 Å². The minimum absolute atomic E-state index is 0.260. The average Bonchev–Trinajstić information content (AvgIpc) is 2.70. The van der Waals surface area contributed by atoms with Gasteiger partial charge in [-0.15, -0.1) is 0 Å². The summed E-state index contributed by atoms with van der Waals surface area (Å²) in [6, 6.07) is 0.893. The van der Waals surface area contributed by atoms with E-state index in [0.29, 0.717) is 18.0 Å². The second-order valence-corrected chi connectivity index (χ2v) is 7.04. The molecule has 19 heavy (non-hydrogen) atoms. The molecule has 0 bridgehead atoms. The van der Waals surface area contributed by atoms with Gasteiger partial charge in [-0.25, -0.2) is 9.67 Å². The molecule has 1 aromatic rings. The Bertz CT molecular complexity index is 374.